The third-order valence-corrected chi connectivity index (χ3v) is 7.32. The largest absolute Gasteiger partial charge is 0.325 e. The molecule has 0 saturated carbocycles. The fourth-order valence-corrected chi connectivity index (χ4v) is 4.77. The van der Waals surface area contributed by atoms with Crippen LogP contribution in [0, 0.1) is 6.92 Å². The molecule has 1 amide bonds. The first kappa shape index (κ1) is 19.3. The number of sulfonamides is 1. The summed E-state index contributed by atoms with van der Waals surface area (Å²) in [5, 5.41) is 2.62. The van der Waals surface area contributed by atoms with Gasteiger partial charge in [-0.2, -0.15) is 16.1 Å². The van der Waals surface area contributed by atoms with Gasteiger partial charge in [0.1, 0.15) is 0 Å². The second kappa shape index (κ2) is 8.36. The summed E-state index contributed by atoms with van der Waals surface area (Å²) in [7, 11) is -3.52. The van der Waals surface area contributed by atoms with E-state index < -0.39 is 10.0 Å². The van der Waals surface area contributed by atoms with Crippen LogP contribution in [0.15, 0.2) is 23.1 Å². The van der Waals surface area contributed by atoms with E-state index in [2.05, 4.69) is 5.32 Å². The molecule has 7 heteroatoms. The molecule has 2 rings (SSSR count). The van der Waals surface area contributed by atoms with Gasteiger partial charge in [-0.05, 0) is 50.6 Å². The van der Waals surface area contributed by atoms with E-state index in [1.165, 1.54) is 11.8 Å². The van der Waals surface area contributed by atoms with Gasteiger partial charge in [0.2, 0.25) is 15.9 Å². The molecule has 0 aliphatic carbocycles. The molecule has 1 aliphatic heterocycles. The molecule has 1 N–H and O–H groups in total. The molecule has 0 aromatic heterocycles. The molecule has 24 heavy (non-hydrogen) atoms. The summed E-state index contributed by atoms with van der Waals surface area (Å²) in [5.41, 5.74) is 1.23. The van der Waals surface area contributed by atoms with E-state index in [9.17, 15) is 13.2 Å². The van der Waals surface area contributed by atoms with Gasteiger partial charge in [0.25, 0.3) is 0 Å². The van der Waals surface area contributed by atoms with Crippen molar-refractivity contribution >= 4 is 33.4 Å². The highest BCUT2D eigenvalue weighted by molar-refractivity contribution is 7.99. The highest BCUT2D eigenvalue weighted by atomic mass is 32.2. The molecule has 134 valence electrons. The Labute approximate surface area is 149 Å². The summed E-state index contributed by atoms with van der Waals surface area (Å²) in [6, 6.07) is 5.09. The zero-order chi connectivity index (χ0) is 17.7. The molecule has 1 aromatic carbocycles. The molecule has 1 saturated heterocycles. The first-order chi connectivity index (χ1) is 11.4. The zero-order valence-electron chi connectivity index (χ0n) is 14.5. The number of carbonyl (C=O) groups excluding carboxylic acids is 1. The molecule has 1 aliphatic rings. The molecule has 1 aromatic rings. The van der Waals surface area contributed by atoms with Gasteiger partial charge in [-0.15, -0.1) is 0 Å². The number of nitrogens with zero attached hydrogens (tertiary/aromatic N) is 1. The van der Waals surface area contributed by atoms with E-state index in [0.717, 1.165) is 25.7 Å². The lowest BCUT2D eigenvalue weighted by Gasteiger charge is -2.21. The molecular weight excluding hydrogens is 344 g/mol. The first-order valence-corrected chi connectivity index (χ1v) is 11.0. The van der Waals surface area contributed by atoms with Crippen molar-refractivity contribution in [1.82, 2.24) is 4.31 Å². The lowest BCUT2D eigenvalue weighted by atomic mass is 10.2. The Hall–Kier alpha value is -1.05. The van der Waals surface area contributed by atoms with Gasteiger partial charge in [0.15, 0.2) is 0 Å². The van der Waals surface area contributed by atoms with Gasteiger partial charge in [0, 0.05) is 18.8 Å². The Kier molecular flexibility index (Phi) is 6.71. The van der Waals surface area contributed by atoms with Crippen LogP contribution in [0.2, 0.25) is 0 Å². The van der Waals surface area contributed by atoms with E-state index in [0.29, 0.717) is 29.2 Å². The average molecular weight is 371 g/mol. The quantitative estimate of drug-likeness (QED) is 0.864. The van der Waals surface area contributed by atoms with Gasteiger partial charge < -0.3 is 5.32 Å². The van der Waals surface area contributed by atoms with Crippen LogP contribution in [0.5, 0.6) is 0 Å². The third-order valence-electron chi connectivity index (χ3n) is 4.36. The lowest BCUT2D eigenvalue weighted by molar-refractivity contribution is -0.115. The average Bonchev–Trinajstić information content (AvgIpc) is 2.85. The Morgan fingerprint density at radius 3 is 2.42 bits per heavy atom. The molecular formula is C17H26N2O3S2. The molecule has 0 spiro atoms. The second-order valence-electron chi connectivity index (χ2n) is 6.17. The van der Waals surface area contributed by atoms with Crippen LogP contribution in [-0.4, -0.2) is 43.2 Å². The van der Waals surface area contributed by atoms with Crippen molar-refractivity contribution in [2.45, 2.75) is 49.7 Å². The van der Waals surface area contributed by atoms with E-state index in [1.807, 2.05) is 13.2 Å². The van der Waals surface area contributed by atoms with Crippen molar-refractivity contribution in [1.29, 1.82) is 0 Å². The number of amides is 1. The highest BCUT2D eigenvalue weighted by Crippen LogP contribution is 2.26. The predicted molar refractivity (Wildman–Crippen MR) is 100 cm³/mol. The maximum absolute atomic E-state index is 13.0. The maximum atomic E-state index is 13.0. The Balaban J connectivity index is 2.28. The van der Waals surface area contributed by atoms with Crippen LogP contribution in [0.4, 0.5) is 5.69 Å². The summed E-state index contributed by atoms with van der Waals surface area (Å²) in [5.74, 6) is -0.121. The third kappa shape index (κ3) is 4.52. The van der Waals surface area contributed by atoms with Gasteiger partial charge in [-0.1, -0.05) is 18.9 Å². The minimum absolute atomic E-state index is 0.121. The van der Waals surface area contributed by atoms with Gasteiger partial charge >= 0.3 is 0 Å². The number of carbonyl (C=O) groups is 1. The molecule has 0 radical (unpaired) electrons. The number of hydrogen-bond acceptors (Lipinski definition) is 4. The van der Waals surface area contributed by atoms with Gasteiger partial charge in [0.05, 0.1) is 10.1 Å². The van der Waals surface area contributed by atoms with Crippen molar-refractivity contribution in [3.63, 3.8) is 0 Å². The lowest BCUT2D eigenvalue weighted by Crippen LogP contribution is -2.32. The fourth-order valence-electron chi connectivity index (χ4n) is 2.73. The summed E-state index contributed by atoms with van der Waals surface area (Å²) < 4.78 is 27.6. The fraction of sp³-hybridized carbons (Fsp3) is 0.588. The van der Waals surface area contributed by atoms with Crippen LogP contribution < -0.4 is 5.32 Å². The summed E-state index contributed by atoms with van der Waals surface area (Å²) >= 11 is 1.45. The van der Waals surface area contributed by atoms with E-state index in [-0.39, 0.29) is 11.2 Å². The van der Waals surface area contributed by atoms with Crippen LogP contribution in [0.3, 0.4) is 0 Å². The Morgan fingerprint density at radius 1 is 1.21 bits per heavy atom. The molecule has 1 atom stereocenters. The monoisotopic (exact) mass is 370 g/mol. The van der Waals surface area contributed by atoms with Crippen molar-refractivity contribution in [2.24, 2.45) is 0 Å². The molecule has 0 bridgehead atoms. The van der Waals surface area contributed by atoms with Crippen LogP contribution in [0.25, 0.3) is 0 Å². The van der Waals surface area contributed by atoms with Crippen molar-refractivity contribution in [3.8, 4) is 0 Å². The zero-order valence-corrected chi connectivity index (χ0v) is 16.2. The van der Waals surface area contributed by atoms with Crippen LogP contribution in [-0.2, 0) is 14.8 Å². The number of rotatable bonds is 5. The molecule has 5 nitrogen and oxygen atoms in total. The molecule has 1 unspecified atom stereocenters. The van der Waals surface area contributed by atoms with Gasteiger partial charge in [-0.3, -0.25) is 4.79 Å². The highest BCUT2D eigenvalue weighted by Gasteiger charge is 2.27. The van der Waals surface area contributed by atoms with E-state index in [4.69, 9.17) is 0 Å². The van der Waals surface area contributed by atoms with E-state index in [1.54, 1.807) is 29.4 Å². The second-order valence-corrected chi connectivity index (χ2v) is 9.25. The topological polar surface area (TPSA) is 66.5 Å². The normalized spacial score (nSPS) is 18.0. The SMILES string of the molecule is CSC(C)C(=O)Nc1ccc(C)c(S(=O)(=O)N2CCCCCC2)c1. The number of hydrogen-bond donors (Lipinski definition) is 1. The summed E-state index contributed by atoms with van der Waals surface area (Å²) in [6.07, 6.45) is 5.83. The van der Waals surface area contributed by atoms with Crippen molar-refractivity contribution < 1.29 is 13.2 Å². The Bertz CT molecular complexity index is 681. The number of nitrogens with one attached hydrogen (secondary N) is 1. The van der Waals surface area contributed by atoms with Gasteiger partial charge in [-0.25, -0.2) is 8.42 Å². The predicted octanol–water partition coefficient (Wildman–Crippen LogP) is 3.25. The van der Waals surface area contributed by atoms with E-state index >= 15 is 0 Å². The molecule has 1 fully saturated rings. The van der Waals surface area contributed by atoms with Crippen LogP contribution >= 0.6 is 11.8 Å². The van der Waals surface area contributed by atoms with Crippen LogP contribution in [0.1, 0.15) is 38.2 Å². The summed E-state index contributed by atoms with van der Waals surface area (Å²) in [6.45, 7) is 4.76. The van der Waals surface area contributed by atoms with Crippen molar-refractivity contribution in [3.05, 3.63) is 23.8 Å². The van der Waals surface area contributed by atoms with Crippen molar-refractivity contribution in [2.75, 3.05) is 24.7 Å². The molecule has 1 heterocycles. The smallest absolute Gasteiger partial charge is 0.243 e. The number of anilines is 1. The number of aryl methyl sites for hydroxylation is 1. The minimum Gasteiger partial charge on any atom is -0.325 e. The minimum atomic E-state index is -3.52. The Morgan fingerprint density at radius 2 is 1.83 bits per heavy atom. The standard InChI is InChI=1S/C17H26N2O3S2/c1-13-8-9-15(18-17(20)14(2)23-3)12-16(13)24(21,22)19-10-6-4-5-7-11-19/h8-9,12,14H,4-7,10-11H2,1-3H3,(H,18,20). The summed E-state index contributed by atoms with van der Waals surface area (Å²) in [4.78, 5) is 12.3. The number of benzene rings is 1. The number of thioether (sulfide) groups is 1. The maximum Gasteiger partial charge on any atom is 0.243 e. The first-order valence-electron chi connectivity index (χ1n) is 8.30.